The summed E-state index contributed by atoms with van der Waals surface area (Å²) in [4.78, 5) is 14.1. The number of rotatable bonds is 4. The Balaban J connectivity index is 1.87. The lowest BCUT2D eigenvalue weighted by Gasteiger charge is -1.99. The van der Waals surface area contributed by atoms with Crippen molar-refractivity contribution in [2.24, 2.45) is 0 Å². The number of benzene rings is 1. The molecule has 0 spiro atoms. The topological polar surface area (TPSA) is 55.1 Å². The van der Waals surface area contributed by atoms with E-state index in [-0.39, 0.29) is 5.91 Å². The first-order valence-corrected chi connectivity index (χ1v) is 6.82. The van der Waals surface area contributed by atoms with Crippen molar-refractivity contribution in [1.82, 2.24) is 5.32 Å². The van der Waals surface area contributed by atoms with Crippen molar-refractivity contribution in [2.45, 2.75) is 13.5 Å². The van der Waals surface area contributed by atoms with Gasteiger partial charge in [-0.25, -0.2) is 0 Å². The maximum absolute atomic E-state index is 11.7. The Bertz CT molecular complexity index is 602. The van der Waals surface area contributed by atoms with Crippen LogP contribution < -0.4 is 11.1 Å². The summed E-state index contributed by atoms with van der Waals surface area (Å²) in [6, 6.07) is 11.5. The number of hydrogen-bond acceptors (Lipinski definition) is 3. The number of nitrogens with two attached hydrogens (primary N) is 1. The van der Waals surface area contributed by atoms with Gasteiger partial charge in [-0.3, -0.25) is 4.79 Å². The van der Waals surface area contributed by atoms with Gasteiger partial charge in [0.2, 0.25) is 5.91 Å². The largest absolute Gasteiger partial charge is 0.399 e. The smallest absolute Gasteiger partial charge is 0.244 e. The monoisotopic (exact) mass is 272 g/mol. The van der Waals surface area contributed by atoms with Gasteiger partial charge in [-0.15, -0.1) is 11.3 Å². The molecule has 0 saturated heterocycles. The predicted octanol–water partition coefficient (Wildman–Crippen LogP) is 2.97. The molecule has 3 N–H and O–H groups in total. The molecule has 1 heterocycles. The molecular weight excluding hydrogens is 256 g/mol. The van der Waals surface area contributed by atoms with Crippen LogP contribution in [0.1, 0.15) is 15.3 Å². The Hall–Kier alpha value is -2.07. The summed E-state index contributed by atoms with van der Waals surface area (Å²) in [5.41, 5.74) is 7.28. The second-order valence-corrected chi connectivity index (χ2v) is 5.61. The third kappa shape index (κ3) is 4.26. The summed E-state index contributed by atoms with van der Waals surface area (Å²) >= 11 is 1.69. The first-order valence-electron chi connectivity index (χ1n) is 6.00. The molecule has 19 heavy (non-hydrogen) atoms. The van der Waals surface area contributed by atoms with E-state index in [1.807, 2.05) is 30.3 Å². The number of amides is 1. The molecule has 0 fully saturated rings. The molecule has 4 heteroatoms. The van der Waals surface area contributed by atoms with Gasteiger partial charge in [-0.1, -0.05) is 12.1 Å². The number of thiophene rings is 1. The highest BCUT2D eigenvalue weighted by Crippen LogP contribution is 2.14. The molecule has 0 atom stereocenters. The Morgan fingerprint density at radius 3 is 2.89 bits per heavy atom. The van der Waals surface area contributed by atoms with Crippen LogP contribution in [0.5, 0.6) is 0 Å². The van der Waals surface area contributed by atoms with Crippen LogP contribution in [-0.4, -0.2) is 5.91 Å². The van der Waals surface area contributed by atoms with E-state index < -0.39 is 0 Å². The van der Waals surface area contributed by atoms with Crippen molar-refractivity contribution in [3.8, 4) is 0 Å². The standard InChI is InChI=1S/C15H16N2OS/c1-11-5-7-14(19-11)10-17-15(18)8-6-12-3-2-4-13(16)9-12/h2-9H,10,16H2,1H3,(H,17,18)/b8-6+. The van der Waals surface area contributed by atoms with Crippen molar-refractivity contribution in [2.75, 3.05) is 5.73 Å². The van der Waals surface area contributed by atoms with Crippen LogP contribution in [0, 0.1) is 6.92 Å². The van der Waals surface area contributed by atoms with Crippen molar-refractivity contribution < 1.29 is 4.79 Å². The van der Waals surface area contributed by atoms with Crippen LogP contribution in [0.15, 0.2) is 42.5 Å². The minimum atomic E-state index is -0.103. The van der Waals surface area contributed by atoms with Gasteiger partial charge in [0.25, 0.3) is 0 Å². The molecule has 1 aromatic heterocycles. The van der Waals surface area contributed by atoms with E-state index in [0.717, 1.165) is 10.4 Å². The van der Waals surface area contributed by atoms with Crippen molar-refractivity contribution in [1.29, 1.82) is 0 Å². The molecule has 1 aromatic carbocycles. The van der Waals surface area contributed by atoms with Crippen LogP contribution in [0.3, 0.4) is 0 Å². The summed E-state index contributed by atoms with van der Waals surface area (Å²) < 4.78 is 0. The number of carbonyl (C=O) groups excluding carboxylic acids is 1. The molecule has 98 valence electrons. The summed E-state index contributed by atoms with van der Waals surface area (Å²) in [5, 5.41) is 2.85. The minimum absolute atomic E-state index is 0.103. The van der Waals surface area contributed by atoms with Crippen molar-refractivity contribution in [3.05, 3.63) is 57.8 Å². The quantitative estimate of drug-likeness (QED) is 0.664. The fourth-order valence-electron chi connectivity index (χ4n) is 1.65. The van der Waals surface area contributed by atoms with Gasteiger partial charge in [0.05, 0.1) is 6.54 Å². The first-order chi connectivity index (χ1) is 9.13. The number of hydrogen-bond donors (Lipinski definition) is 2. The van der Waals surface area contributed by atoms with Crippen molar-refractivity contribution >= 4 is 29.0 Å². The maximum Gasteiger partial charge on any atom is 0.244 e. The molecule has 0 aliphatic rings. The molecule has 0 bridgehead atoms. The summed E-state index contributed by atoms with van der Waals surface area (Å²) in [5.74, 6) is -0.103. The highest BCUT2D eigenvalue weighted by Gasteiger charge is 1.99. The summed E-state index contributed by atoms with van der Waals surface area (Å²) in [7, 11) is 0. The van der Waals surface area contributed by atoms with Gasteiger partial charge in [-0.2, -0.15) is 0 Å². The zero-order valence-corrected chi connectivity index (χ0v) is 11.5. The zero-order chi connectivity index (χ0) is 13.7. The second kappa shape index (κ2) is 6.20. The number of nitrogen functional groups attached to an aromatic ring is 1. The lowest BCUT2D eigenvalue weighted by Crippen LogP contribution is -2.19. The van der Waals surface area contributed by atoms with Gasteiger partial charge in [-0.05, 0) is 42.8 Å². The van der Waals surface area contributed by atoms with E-state index in [1.165, 1.54) is 11.0 Å². The van der Waals surface area contributed by atoms with Gasteiger partial charge in [0, 0.05) is 21.5 Å². The Morgan fingerprint density at radius 2 is 2.21 bits per heavy atom. The van der Waals surface area contributed by atoms with Crippen molar-refractivity contribution in [3.63, 3.8) is 0 Å². The highest BCUT2D eigenvalue weighted by atomic mass is 32.1. The Kier molecular flexibility index (Phi) is 4.36. The average molecular weight is 272 g/mol. The SMILES string of the molecule is Cc1ccc(CNC(=O)/C=C/c2cccc(N)c2)s1. The van der Waals surface area contributed by atoms with E-state index in [4.69, 9.17) is 5.73 Å². The molecule has 0 saturated carbocycles. The van der Waals surface area contributed by atoms with Gasteiger partial charge in [0.15, 0.2) is 0 Å². The lowest BCUT2D eigenvalue weighted by atomic mass is 10.2. The molecule has 2 aromatic rings. The summed E-state index contributed by atoms with van der Waals surface area (Å²) in [6.07, 6.45) is 3.28. The predicted molar refractivity (Wildman–Crippen MR) is 80.8 cm³/mol. The fraction of sp³-hybridized carbons (Fsp3) is 0.133. The van der Waals surface area contributed by atoms with Crippen LogP contribution in [0.25, 0.3) is 6.08 Å². The minimum Gasteiger partial charge on any atom is -0.399 e. The second-order valence-electron chi connectivity index (χ2n) is 4.23. The Labute approximate surface area is 116 Å². The molecule has 3 nitrogen and oxygen atoms in total. The van der Waals surface area contributed by atoms with Crippen LogP contribution in [0.4, 0.5) is 5.69 Å². The molecule has 0 aliphatic carbocycles. The number of nitrogens with one attached hydrogen (secondary N) is 1. The molecule has 0 unspecified atom stereocenters. The highest BCUT2D eigenvalue weighted by molar-refractivity contribution is 7.11. The molecular formula is C15H16N2OS. The average Bonchev–Trinajstić information content (AvgIpc) is 2.80. The normalized spacial score (nSPS) is 10.8. The number of aryl methyl sites for hydroxylation is 1. The molecule has 1 amide bonds. The van der Waals surface area contributed by atoms with Crippen LogP contribution in [0.2, 0.25) is 0 Å². The fourth-order valence-corrected chi connectivity index (χ4v) is 2.48. The van der Waals surface area contributed by atoms with E-state index in [1.54, 1.807) is 17.4 Å². The number of anilines is 1. The summed E-state index contributed by atoms with van der Waals surface area (Å²) in [6.45, 7) is 2.62. The third-order valence-electron chi connectivity index (χ3n) is 2.57. The first kappa shape index (κ1) is 13.4. The maximum atomic E-state index is 11.7. The van der Waals surface area contributed by atoms with Gasteiger partial charge >= 0.3 is 0 Å². The molecule has 0 aliphatic heterocycles. The van der Waals surface area contributed by atoms with Gasteiger partial charge in [0.1, 0.15) is 0 Å². The Morgan fingerprint density at radius 1 is 1.37 bits per heavy atom. The third-order valence-corrected chi connectivity index (χ3v) is 3.57. The van der Waals surface area contributed by atoms with Crippen LogP contribution >= 0.6 is 11.3 Å². The lowest BCUT2D eigenvalue weighted by molar-refractivity contribution is -0.116. The zero-order valence-electron chi connectivity index (χ0n) is 10.7. The molecule has 2 rings (SSSR count). The van der Waals surface area contributed by atoms with E-state index in [2.05, 4.69) is 18.3 Å². The van der Waals surface area contributed by atoms with E-state index in [0.29, 0.717) is 12.2 Å². The molecule has 0 radical (unpaired) electrons. The van der Waals surface area contributed by atoms with Crippen LogP contribution in [-0.2, 0) is 11.3 Å². The van der Waals surface area contributed by atoms with Gasteiger partial charge < -0.3 is 11.1 Å². The van der Waals surface area contributed by atoms with E-state index >= 15 is 0 Å². The number of carbonyl (C=O) groups is 1. The van der Waals surface area contributed by atoms with E-state index in [9.17, 15) is 4.79 Å².